The number of nitrogens with zero attached hydrogens (tertiary/aromatic N) is 1. The maximum Gasteiger partial charge on any atom is 0.338 e. The Labute approximate surface area is 207 Å². The summed E-state index contributed by atoms with van der Waals surface area (Å²) in [6.45, 7) is 4.36. The standard InChI is InChI=1S/C25H28F2N4O5/c1-4-11-31-15(2)21(23(32)36-13-12-35-3)22(30-25(31)34)16-5-8-18(9-6-16)28-24(33)29-20-10-7-17(26)14-19(20)27/h5-10,14,22H,4,11-13H2,1-3H3,(H,30,34)(H2,28,29,33). The molecule has 0 spiro atoms. The van der Waals surface area contributed by atoms with Gasteiger partial charge in [0.15, 0.2) is 0 Å². The number of methoxy groups -OCH3 is 1. The summed E-state index contributed by atoms with van der Waals surface area (Å²) in [6.07, 6.45) is 0.700. The van der Waals surface area contributed by atoms with Crippen molar-refractivity contribution >= 4 is 29.4 Å². The van der Waals surface area contributed by atoms with Crippen LogP contribution in [0.4, 0.5) is 29.7 Å². The molecule has 2 aromatic carbocycles. The van der Waals surface area contributed by atoms with Crippen LogP contribution in [0.1, 0.15) is 31.9 Å². The van der Waals surface area contributed by atoms with Crippen LogP contribution in [0, 0.1) is 11.6 Å². The van der Waals surface area contributed by atoms with E-state index in [4.69, 9.17) is 9.47 Å². The number of hydrogen-bond donors (Lipinski definition) is 3. The second-order valence-electron chi connectivity index (χ2n) is 7.99. The largest absolute Gasteiger partial charge is 0.460 e. The maximum atomic E-state index is 13.8. The number of hydrogen-bond acceptors (Lipinski definition) is 5. The number of benzene rings is 2. The first-order valence-electron chi connectivity index (χ1n) is 11.3. The van der Waals surface area contributed by atoms with Crippen molar-refractivity contribution in [2.75, 3.05) is 37.5 Å². The quantitative estimate of drug-likeness (QED) is 0.344. The van der Waals surface area contributed by atoms with Crippen molar-refractivity contribution in [3.63, 3.8) is 0 Å². The average Bonchev–Trinajstić information content (AvgIpc) is 2.83. The molecule has 0 fully saturated rings. The van der Waals surface area contributed by atoms with Gasteiger partial charge in [0.25, 0.3) is 0 Å². The SMILES string of the molecule is CCCN1C(=O)NC(c2ccc(NC(=O)Nc3ccc(F)cc3F)cc2)C(C(=O)OCCOC)=C1C. The molecule has 1 unspecified atom stereocenters. The fourth-order valence-corrected chi connectivity index (χ4v) is 3.72. The topological polar surface area (TPSA) is 109 Å². The van der Waals surface area contributed by atoms with E-state index in [1.807, 2.05) is 6.92 Å². The lowest BCUT2D eigenvalue weighted by molar-refractivity contribution is -0.140. The Morgan fingerprint density at radius 2 is 1.81 bits per heavy atom. The monoisotopic (exact) mass is 502 g/mol. The average molecular weight is 503 g/mol. The van der Waals surface area contributed by atoms with Crippen LogP contribution in [-0.2, 0) is 14.3 Å². The molecule has 4 amide bonds. The van der Waals surface area contributed by atoms with Gasteiger partial charge in [0.1, 0.15) is 18.2 Å². The number of halogens is 2. The number of carbonyl (C=O) groups is 3. The van der Waals surface area contributed by atoms with E-state index in [1.54, 1.807) is 31.2 Å². The zero-order valence-corrected chi connectivity index (χ0v) is 20.2. The molecule has 0 bridgehead atoms. The number of rotatable bonds is 9. The molecule has 0 aliphatic carbocycles. The van der Waals surface area contributed by atoms with Gasteiger partial charge >= 0.3 is 18.0 Å². The van der Waals surface area contributed by atoms with E-state index >= 15 is 0 Å². The number of amides is 4. The van der Waals surface area contributed by atoms with E-state index in [9.17, 15) is 23.2 Å². The first kappa shape index (κ1) is 26.6. The van der Waals surface area contributed by atoms with Gasteiger partial charge in [-0.05, 0) is 43.2 Å². The Morgan fingerprint density at radius 3 is 2.44 bits per heavy atom. The van der Waals surface area contributed by atoms with Crippen LogP contribution in [0.3, 0.4) is 0 Å². The van der Waals surface area contributed by atoms with Crippen LogP contribution in [0.5, 0.6) is 0 Å². The number of urea groups is 2. The van der Waals surface area contributed by atoms with E-state index in [-0.39, 0.29) is 24.9 Å². The normalized spacial score (nSPS) is 15.4. The predicted molar refractivity (Wildman–Crippen MR) is 129 cm³/mol. The zero-order chi connectivity index (χ0) is 26.2. The summed E-state index contributed by atoms with van der Waals surface area (Å²) in [4.78, 5) is 39.4. The van der Waals surface area contributed by atoms with Crippen molar-refractivity contribution in [1.82, 2.24) is 10.2 Å². The zero-order valence-electron chi connectivity index (χ0n) is 20.2. The van der Waals surface area contributed by atoms with Crippen molar-refractivity contribution in [3.8, 4) is 0 Å². The van der Waals surface area contributed by atoms with Crippen molar-refractivity contribution < 1.29 is 32.6 Å². The van der Waals surface area contributed by atoms with E-state index in [0.29, 0.717) is 41.6 Å². The molecule has 192 valence electrons. The van der Waals surface area contributed by atoms with Crippen LogP contribution in [0.25, 0.3) is 0 Å². The fourth-order valence-electron chi connectivity index (χ4n) is 3.72. The van der Waals surface area contributed by atoms with Crippen molar-refractivity contribution in [1.29, 1.82) is 0 Å². The Bertz CT molecular complexity index is 1150. The molecule has 3 rings (SSSR count). The summed E-state index contributed by atoms with van der Waals surface area (Å²) < 4.78 is 37.1. The van der Waals surface area contributed by atoms with Crippen molar-refractivity contribution in [2.45, 2.75) is 26.3 Å². The van der Waals surface area contributed by atoms with Crippen LogP contribution < -0.4 is 16.0 Å². The molecule has 1 atom stereocenters. The van der Waals surface area contributed by atoms with E-state index in [2.05, 4.69) is 16.0 Å². The maximum absolute atomic E-state index is 13.8. The molecule has 11 heteroatoms. The highest BCUT2D eigenvalue weighted by atomic mass is 19.1. The molecule has 0 saturated heterocycles. The summed E-state index contributed by atoms with van der Waals surface area (Å²) in [5.41, 5.74) is 1.58. The lowest BCUT2D eigenvalue weighted by Gasteiger charge is -2.35. The number of ether oxygens (including phenoxy) is 2. The number of anilines is 2. The number of esters is 1. The minimum absolute atomic E-state index is 0.0627. The van der Waals surface area contributed by atoms with Gasteiger partial charge in [0.2, 0.25) is 0 Å². The Balaban J connectivity index is 1.78. The molecule has 1 heterocycles. The smallest absolute Gasteiger partial charge is 0.338 e. The highest BCUT2D eigenvalue weighted by Crippen LogP contribution is 2.32. The molecule has 1 aliphatic rings. The fraction of sp³-hybridized carbons (Fsp3) is 0.320. The molecule has 3 N–H and O–H groups in total. The first-order chi connectivity index (χ1) is 17.2. The number of carbonyl (C=O) groups excluding carboxylic acids is 3. The minimum atomic E-state index is -0.905. The van der Waals surface area contributed by atoms with Gasteiger partial charge in [-0.2, -0.15) is 0 Å². The Kier molecular flexibility index (Phi) is 8.96. The second kappa shape index (κ2) is 12.1. The van der Waals surface area contributed by atoms with Gasteiger partial charge in [0, 0.05) is 31.1 Å². The highest BCUT2D eigenvalue weighted by Gasteiger charge is 2.36. The van der Waals surface area contributed by atoms with E-state index in [0.717, 1.165) is 12.1 Å². The molecular formula is C25H28F2N4O5. The molecule has 2 aromatic rings. The lowest BCUT2D eigenvalue weighted by Crippen LogP contribution is -2.48. The van der Waals surface area contributed by atoms with Gasteiger partial charge in [-0.25, -0.2) is 23.2 Å². The van der Waals surface area contributed by atoms with Crippen LogP contribution in [0.2, 0.25) is 0 Å². The van der Waals surface area contributed by atoms with Gasteiger partial charge < -0.3 is 25.4 Å². The molecular weight excluding hydrogens is 474 g/mol. The molecule has 9 nitrogen and oxygen atoms in total. The third-order valence-corrected chi connectivity index (χ3v) is 5.47. The summed E-state index contributed by atoms with van der Waals surface area (Å²) >= 11 is 0. The summed E-state index contributed by atoms with van der Waals surface area (Å²) in [5, 5.41) is 7.70. The van der Waals surface area contributed by atoms with Crippen molar-refractivity contribution in [2.24, 2.45) is 0 Å². The van der Waals surface area contributed by atoms with E-state index in [1.165, 1.54) is 12.0 Å². The Hall–Kier alpha value is -3.99. The summed E-state index contributed by atoms with van der Waals surface area (Å²) in [5.74, 6) is -2.23. The third-order valence-electron chi connectivity index (χ3n) is 5.47. The van der Waals surface area contributed by atoms with Crippen LogP contribution in [0.15, 0.2) is 53.7 Å². The van der Waals surface area contributed by atoms with Gasteiger partial charge in [-0.15, -0.1) is 0 Å². The molecule has 0 saturated carbocycles. The number of allylic oxidation sites excluding steroid dienone is 1. The molecule has 0 radical (unpaired) electrons. The highest BCUT2D eigenvalue weighted by molar-refractivity contribution is 6.00. The summed E-state index contributed by atoms with van der Waals surface area (Å²) in [6, 6.07) is 7.41. The van der Waals surface area contributed by atoms with Crippen LogP contribution in [-0.4, -0.2) is 49.8 Å². The second-order valence-corrected chi connectivity index (χ2v) is 7.99. The minimum Gasteiger partial charge on any atom is -0.460 e. The molecule has 36 heavy (non-hydrogen) atoms. The first-order valence-corrected chi connectivity index (χ1v) is 11.3. The van der Waals surface area contributed by atoms with Gasteiger partial charge in [-0.3, -0.25) is 4.90 Å². The molecule has 0 aromatic heterocycles. The Morgan fingerprint density at radius 1 is 1.08 bits per heavy atom. The molecule has 1 aliphatic heterocycles. The lowest BCUT2D eigenvalue weighted by atomic mass is 9.94. The van der Waals surface area contributed by atoms with E-state index < -0.39 is 29.7 Å². The summed E-state index contributed by atoms with van der Waals surface area (Å²) in [7, 11) is 1.50. The van der Waals surface area contributed by atoms with Crippen LogP contribution >= 0.6 is 0 Å². The van der Waals surface area contributed by atoms with Gasteiger partial charge in [0.05, 0.1) is 23.9 Å². The van der Waals surface area contributed by atoms with Gasteiger partial charge in [-0.1, -0.05) is 19.1 Å². The predicted octanol–water partition coefficient (Wildman–Crippen LogP) is 4.55. The van der Waals surface area contributed by atoms with Crippen molar-refractivity contribution in [3.05, 3.63) is 70.9 Å². The number of nitrogens with one attached hydrogen (secondary N) is 3. The third kappa shape index (κ3) is 6.36.